The Bertz CT molecular complexity index is 2320. The standard InChI is InChI=1S/C35H30Cl2F4N10O4/c1-48-15-24(31-44-46-33(54-31)29(38)39)42-26(48)17-50(22-7-2-5-20(36)13-22)28(52)9-4-12-49-16-25(32-45-47-34(55-32)30(40)41)43-27(49)18-51(35(53)19-10-11-19)23-8-3-6-21(37)14-23/h2-3,5-8,13-16,19,29-30H,4,9-12,17-18H2,1H3. The third kappa shape index (κ3) is 8.70. The summed E-state index contributed by atoms with van der Waals surface area (Å²) in [4.78, 5) is 39.6. The van der Waals surface area contributed by atoms with E-state index in [-0.39, 0.29) is 73.4 Å². The summed E-state index contributed by atoms with van der Waals surface area (Å²) in [5.41, 5.74) is 1.29. The zero-order valence-electron chi connectivity index (χ0n) is 28.8. The number of aromatic nitrogens is 8. The fraction of sp³-hybridized carbons (Fsp3) is 0.314. The number of halogens is 6. The van der Waals surface area contributed by atoms with Gasteiger partial charge in [0.05, 0.1) is 13.1 Å². The SMILES string of the molecule is Cn1cc(-c2nnc(C(F)F)o2)nc1CN(C(=O)CCCn1cc(-c2nnc(C(F)F)o2)nc1CN(C(=O)C1CC1)c1cccc(Cl)c1)c1cccc(Cl)c1. The third-order valence-corrected chi connectivity index (χ3v) is 9.12. The molecule has 20 heteroatoms. The topological polar surface area (TPSA) is 154 Å². The molecule has 2 amide bonds. The lowest BCUT2D eigenvalue weighted by Crippen LogP contribution is -2.33. The Morgan fingerprint density at radius 3 is 1.89 bits per heavy atom. The van der Waals surface area contributed by atoms with Gasteiger partial charge in [-0.05, 0) is 55.7 Å². The molecule has 4 aromatic heterocycles. The van der Waals surface area contributed by atoms with Gasteiger partial charge in [-0.25, -0.2) is 9.97 Å². The second-order valence-corrected chi connectivity index (χ2v) is 13.5. The molecule has 55 heavy (non-hydrogen) atoms. The van der Waals surface area contributed by atoms with E-state index in [4.69, 9.17) is 32.0 Å². The van der Waals surface area contributed by atoms with Crippen LogP contribution in [0.3, 0.4) is 0 Å². The molecule has 1 fully saturated rings. The molecule has 0 atom stereocenters. The number of imidazole rings is 2. The molecule has 0 spiro atoms. The second kappa shape index (κ2) is 16.0. The number of rotatable bonds is 15. The van der Waals surface area contributed by atoms with E-state index in [2.05, 4.69) is 30.4 Å². The first-order chi connectivity index (χ1) is 26.4. The van der Waals surface area contributed by atoms with E-state index in [1.165, 1.54) is 11.1 Å². The predicted octanol–water partition coefficient (Wildman–Crippen LogP) is 7.86. The highest BCUT2D eigenvalue weighted by Gasteiger charge is 2.35. The number of alkyl halides is 4. The smallest absolute Gasteiger partial charge is 0.314 e. The van der Waals surface area contributed by atoms with Crippen LogP contribution in [0.1, 0.15) is 62.0 Å². The highest BCUT2D eigenvalue weighted by molar-refractivity contribution is 6.31. The van der Waals surface area contributed by atoms with E-state index in [0.29, 0.717) is 33.1 Å². The largest absolute Gasteiger partial charge is 0.414 e. The molecule has 0 saturated heterocycles. The molecule has 6 aromatic rings. The van der Waals surface area contributed by atoms with Gasteiger partial charge in [-0.15, -0.1) is 20.4 Å². The van der Waals surface area contributed by atoms with Crippen molar-refractivity contribution in [3.05, 3.63) is 94.4 Å². The van der Waals surface area contributed by atoms with Crippen molar-refractivity contribution in [1.29, 1.82) is 0 Å². The molecular formula is C35H30Cl2F4N10O4. The second-order valence-electron chi connectivity index (χ2n) is 12.6. The highest BCUT2D eigenvalue weighted by atomic mass is 35.5. The summed E-state index contributed by atoms with van der Waals surface area (Å²) in [5.74, 6) is -1.97. The van der Waals surface area contributed by atoms with Crippen LogP contribution in [0.5, 0.6) is 0 Å². The van der Waals surface area contributed by atoms with Gasteiger partial charge in [0.2, 0.25) is 11.8 Å². The summed E-state index contributed by atoms with van der Waals surface area (Å²) in [5, 5.41) is 15.0. The number of carbonyl (C=O) groups excluding carboxylic acids is 2. The quantitative estimate of drug-likeness (QED) is 0.0938. The Kier molecular flexibility index (Phi) is 11.0. The molecule has 0 N–H and O–H groups in total. The lowest BCUT2D eigenvalue weighted by atomic mass is 10.2. The minimum atomic E-state index is -2.99. The zero-order valence-corrected chi connectivity index (χ0v) is 30.3. The molecule has 7 rings (SSSR count). The number of amides is 2. The predicted molar refractivity (Wildman–Crippen MR) is 189 cm³/mol. The van der Waals surface area contributed by atoms with Gasteiger partial charge in [0.15, 0.2) is 0 Å². The van der Waals surface area contributed by atoms with E-state index in [9.17, 15) is 27.2 Å². The summed E-state index contributed by atoms with van der Waals surface area (Å²) in [7, 11) is 1.67. The van der Waals surface area contributed by atoms with Crippen LogP contribution < -0.4 is 9.80 Å². The van der Waals surface area contributed by atoms with Crippen LogP contribution in [0.2, 0.25) is 10.0 Å². The molecule has 1 aliphatic rings. The molecule has 2 aromatic carbocycles. The van der Waals surface area contributed by atoms with Gasteiger partial charge in [0, 0.05) is 59.7 Å². The first-order valence-corrected chi connectivity index (χ1v) is 17.6. The molecule has 0 radical (unpaired) electrons. The van der Waals surface area contributed by atoms with Crippen LogP contribution in [-0.2, 0) is 36.3 Å². The van der Waals surface area contributed by atoms with E-state index in [1.54, 1.807) is 75.8 Å². The van der Waals surface area contributed by atoms with Crippen LogP contribution in [0.25, 0.3) is 23.2 Å². The fourth-order valence-corrected chi connectivity index (χ4v) is 6.13. The van der Waals surface area contributed by atoms with Crippen molar-refractivity contribution in [3.8, 4) is 23.2 Å². The number of hydrogen-bond acceptors (Lipinski definition) is 10. The minimum absolute atomic E-state index is 0.00551. The van der Waals surface area contributed by atoms with Crippen LogP contribution >= 0.6 is 23.2 Å². The number of aryl methyl sites for hydroxylation is 2. The first-order valence-electron chi connectivity index (χ1n) is 16.9. The summed E-state index contributed by atoms with van der Waals surface area (Å²) in [6, 6.07) is 13.5. The fourth-order valence-electron chi connectivity index (χ4n) is 5.76. The molecule has 0 bridgehead atoms. The van der Waals surface area contributed by atoms with Crippen molar-refractivity contribution in [3.63, 3.8) is 0 Å². The maximum Gasteiger partial charge on any atom is 0.314 e. The van der Waals surface area contributed by atoms with Crippen molar-refractivity contribution < 1.29 is 36.0 Å². The van der Waals surface area contributed by atoms with Crippen molar-refractivity contribution in [2.45, 2.75) is 58.2 Å². The van der Waals surface area contributed by atoms with Crippen molar-refractivity contribution in [1.82, 2.24) is 39.5 Å². The third-order valence-electron chi connectivity index (χ3n) is 8.65. The summed E-state index contributed by atoms with van der Waals surface area (Å²) in [6.07, 6.45) is -1.11. The normalized spacial score (nSPS) is 12.9. The molecule has 0 aliphatic heterocycles. The Labute approximate surface area is 319 Å². The molecule has 1 saturated carbocycles. The Balaban J connectivity index is 1.13. The van der Waals surface area contributed by atoms with Gasteiger partial charge in [-0.2, -0.15) is 17.6 Å². The maximum absolute atomic E-state index is 14.0. The molecule has 14 nitrogen and oxygen atoms in total. The van der Waals surface area contributed by atoms with Crippen LogP contribution in [-0.4, -0.2) is 51.3 Å². The van der Waals surface area contributed by atoms with E-state index in [0.717, 1.165) is 12.8 Å². The average molecular weight is 802 g/mol. The zero-order chi connectivity index (χ0) is 38.8. The first kappa shape index (κ1) is 37.7. The van der Waals surface area contributed by atoms with Crippen molar-refractivity contribution >= 4 is 46.4 Å². The number of benzene rings is 2. The van der Waals surface area contributed by atoms with Gasteiger partial charge < -0.3 is 27.8 Å². The van der Waals surface area contributed by atoms with Crippen molar-refractivity contribution in [2.24, 2.45) is 13.0 Å². The molecular weight excluding hydrogens is 771 g/mol. The Hall–Kier alpha value is -5.62. The van der Waals surface area contributed by atoms with Gasteiger partial charge in [0.25, 0.3) is 23.6 Å². The summed E-state index contributed by atoms with van der Waals surface area (Å²) >= 11 is 12.6. The maximum atomic E-state index is 14.0. The van der Waals surface area contributed by atoms with Crippen LogP contribution in [0.15, 0.2) is 69.8 Å². The molecule has 286 valence electrons. The Morgan fingerprint density at radius 1 is 0.800 bits per heavy atom. The van der Waals surface area contributed by atoms with Gasteiger partial charge in [-0.3, -0.25) is 9.59 Å². The van der Waals surface area contributed by atoms with Gasteiger partial charge >= 0.3 is 12.9 Å². The molecule has 0 unspecified atom stereocenters. The number of carbonyl (C=O) groups is 2. The summed E-state index contributed by atoms with van der Waals surface area (Å²) in [6.45, 7) is 0.173. The number of nitrogens with zero attached hydrogens (tertiary/aromatic N) is 10. The number of hydrogen-bond donors (Lipinski definition) is 0. The van der Waals surface area contributed by atoms with Crippen LogP contribution in [0, 0.1) is 5.92 Å². The monoisotopic (exact) mass is 800 g/mol. The van der Waals surface area contributed by atoms with Crippen LogP contribution in [0.4, 0.5) is 28.9 Å². The van der Waals surface area contributed by atoms with E-state index in [1.807, 2.05) is 0 Å². The summed E-state index contributed by atoms with van der Waals surface area (Å²) < 4.78 is 66.3. The van der Waals surface area contributed by atoms with Crippen molar-refractivity contribution in [2.75, 3.05) is 9.80 Å². The Morgan fingerprint density at radius 2 is 1.35 bits per heavy atom. The average Bonchev–Trinajstić information content (AvgIpc) is 3.48. The lowest BCUT2D eigenvalue weighted by Gasteiger charge is -2.24. The number of anilines is 2. The lowest BCUT2D eigenvalue weighted by molar-refractivity contribution is -0.120. The van der Waals surface area contributed by atoms with E-state index < -0.39 is 24.6 Å². The van der Waals surface area contributed by atoms with E-state index >= 15 is 0 Å². The van der Waals surface area contributed by atoms with Gasteiger partial charge in [0.1, 0.15) is 23.0 Å². The molecule has 4 heterocycles. The highest BCUT2D eigenvalue weighted by Crippen LogP contribution is 2.35. The molecule has 1 aliphatic carbocycles. The minimum Gasteiger partial charge on any atom is -0.414 e. The van der Waals surface area contributed by atoms with Gasteiger partial charge in [-0.1, -0.05) is 35.3 Å².